The second-order valence-corrected chi connectivity index (χ2v) is 5.51. The summed E-state index contributed by atoms with van der Waals surface area (Å²) in [5.41, 5.74) is 3.63. The van der Waals surface area contributed by atoms with Crippen LogP contribution in [-0.4, -0.2) is 12.2 Å². The normalized spacial score (nSPS) is 10.6. The number of ether oxygens (including phenoxy) is 1. The van der Waals surface area contributed by atoms with Gasteiger partial charge in [0.1, 0.15) is 0 Å². The van der Waals surface area contributed by atoms with Gasteiger partial charge in [0, 0.05) is 13.1 Å². The first-order chi connectivity index (χ1) is 9.61. The number of halogens is 1. The van der Waals surface area contributed by atoms with Gasteiger partial charge in [-0.05, 0) is 51.7 Å². The van der Waals surface area contributed by atoms with Crippen LogP contribution in [0.2, 0.25) is 0 Å². The Morgan fingerprint density at radius 1 is 1.20 bits per heavy atom. The van der Waals surface area contributed by atoms with Crippen molar-refractivity contribution in [2.45, 2.75) is 20.0 Å². The SMILES string of the molecule is COc1cc(CNCc2ccccc2C)cc(Br)c1O. The average Bonchev–Trinajstić information content (AvgIpc) is 2.44. The Morgan fingerprint density at radius 3 is 2.65 bits per heavy atom. The van der Waals surface area contributed by atoms with Crippen molar-refractivity contribution in [3.63, 3.8) is 0 Å². The van der Waals surface area contributed by atoms with Gasteiger partial charge in [0.15, 0.2) is 11.5 Å². The maximum atomic E-state index is 9.77. The van der Waals surface area contributed by atoms with E-state index in [0.717, 1.165) is 12.1 Å². The van der Waals surface area contributed by atoms with Gasteiger partial charge in [-0.25, -0.2) is 0 Å². The summed E-state index contributed by atoms with van der Waals surface area (Å²) in [4.78, 5) is 0. The average molecular weight is 336 g/mol. The Kier molecular flexibility index (Phi) is 5.04. The van der Waals surface area contributed by atoms with Gasteiger partial charge in [-0.1, -0.05) is 24.3 Å². The standard InChI is InChI=1S/C16H18BrNO2/c1-11-5-3-4-6-13(11)10-18-9-12-7-14(17)16(19)15(8-12)20-2/h3-8,18-19H,9-10H2,1-2H3. The quantitative estimate of drug-likeness (QED) is 0.874. The highest BCUT2D eigenvalue weighted by atomic mass is 79.9. The van der Waals surface area contributed by atoms with E-state index in [4.69, 9.17) is 4.74 Å². The molecule has 0 bridgehead atoms. The number of hydrogen-bond acceptors (Lipinski definition) is 3. The first-order valence-electron chi connectivity index (χ1n) is 6.42. The largest absolute Gasteiger partial charge is 0.503 e. The molecule has 0 aliphatic rings. The molecule has 3 nitrogen and oxygen atoms in total. The molecule has 2 aromatic rings. The van der Waals surface area contributed by atoms with E-state index in [-0.39, 0.29) is 5.75 Å². The van der Waals surface area contributed by atoms with Crippen molar-refractivity contribution in [3.8, 4) is 11.5 Å². The summed E-state index contributed by atoms with van der Waals surface area (Å²) >= 11 is 3.33. The monoisotopic (exact) mass is 335 g/mol. The lowest BCUT2D eigenvalue weighted by Crippen LogP contribution is -2.13. The molecule has 0 aliphatic heterocycles. The van der Waals surface area contributed by atoms with Crippen molar-refractivity contribution >= 4 is 15.9 Å². The topological polar surface area (TPSA) is 41.5 Å². The Balaban J connectivity index is 2.01. The van der Waals surface area contributed by atoms with Crippen molar-refractivity contribution in [1.29, 1.82) is 0 Å². The van der Waals surface area contributed by atoms with Gasteiger partial charge in [0.25, 0.3) is 0 Å². The maximum Gasteiger partial charge on any atom is 0.172 e. The van der Waals surface area contributed by atoms with Crippen LogP contribution in [-0.2, 0) is 13.1 Å². The number of hydrogen-bond donors (Lipinski definition) is 2. The highest BCUT2D eigenvalue weighted by Gasteiger charge is 2.08. The minimum absolute atomic E-state index is 0.134. The molecule has 2 N–H and O–H groups in total. The van der Waals surface area contributed by atoms with Gasteiger partial charge in [-0.2, -0.15) is 0 Å². The summed E-state index contributed by atoms with van der Waals surface area (Å²) in [5.74, 6) is 0.613. The lowest BCUT2D eigenvalue weighted by Gasteiger charge is -2.11. The van der Waals surface area contributed by atoms with Crippen molar-refractivity contribution in [3.05, 3.63) is 57.6 Å². The Hall–Kier alpha value is -1.52. The predicted molar refractivity (Wildman–Crippen MR) is 84.1 cm³/mol. The smallest absolute Gasteiger partial charge is 0.172 e. The van der Waals surface area contributed by atoms with Gasteiger partial charge >= 0.3 is 0 Å². The van der Waals surface area contributed by atoms with Gasteiger partial charge in [0.2, 0.25) is 0 Å². The molecule has 106 valence electrons. The van der Waals surface area contributed by atoms with Crippen LogP contribution in [0.5, 0.6) is 11.5 Å². The number of methoxy groups -OCH3 is 1. The number of benzene rings is 2. The highest BCUT2D eigenvalue weighted by molar-refractivity contribution is 9.10. The molecule has 4 heteroatoms. The van der Waals surface area contributed by atoms with Crippen molar-refractivity contribution in [2.24, 2.45) is 0 Å². The maximum absolute atomic E-state index is 9.77. The molecule has 20 heavy (non-hydrogen) atoms. The van der Waals surface area contributed by atoms with Crippen molar-refractivity contribution in [2.75, 3.05) is 7.11 Å². The molecule has 0 amide bonds. The second kappa shape index (κ2) is 6.77. The van der Waals surface area contributed by atoms with E-state index in [2.05, 4.69) is 40.3 Å². The summed E-state index contributed by atoms with van der Waals surface area (Å²) in [6, 6.07) is 12.0. The van der Waals surface area contributed by atoms with Gasteiger partial charge in [-0.3, -0.25) is 0 Å². The van der Waals surface area contributed by atoms with Crippen LogP contribution in [0.1, 0.15) is 16.7 Å². The molecule has 0 spiro atoms. The van der Waals surface area contributed by atoms with Crippen molar-refractivity contribution in [1.82, 2.24) is 5.32 Å². The third-order valence-electron chi connectivity index (χ3n) is 3.21. The Morgan fingerprint density at radius 2 is 1.95 bits per heavy atom. The zero-order valence-corrected chi connectivity index (χ0v) is 13.2. The molecule has 0 aromatic heterocycles. The van der Waals surface area contributed by atoms with Crippen LogP contribution in [0.15, 0.2) is 40.9 Å². The number of phenolic OH excluding ortho intramolecular Hbond substituents is 1. The number of aromatic hydroxyl groups is 1. The molecule has 0 atom stereocenters. The summed E-state index contributed by atoms with van der Waals surface area (Å²) in [6.45, 7) is 3.63. The first-order valence-corrected chi connectivity index (χ1v) is 7.21. The first kappa shape index (κ1) is 14.9. The molecule has 0 aliphatic carbocycles. The number of aryl methyl sites for hydroxylation is 1. The van der Waals surface area contributed by atoms with Crippen LogP contribution in [0.3, 0.4) is 0 Å². The van der Waals surface area contributed by atoms with E-state index in [1.54, 1.807) is 7.11 Å². The lowest BCUT2D eigenvalue weighted by molar-refractivity contribution is 0.371. The molecule has 0 unspecified atom stereocenters. The zero-order valence-electron chi connectivity index (χ0n) is 11.6. The van der Waals surface area contributed by atoms with E-state index in [0.29, 0.717) is 16.8 Å². The van der Waals surface area contributed by atoms with Crippen molar-refractivity contribution < 1.29 is 9.84 Å². The highest BCUT2D eigenvalue weighted by Crippen LogP contribution is 2.35. The lowest BCUT2D eigenvalue weighted by atomic mass is 10.1. The zero-order chi connectivity index (χ0) is 14.5. The third kappa shape index (κ3) is 3.52. The predicted octanol–water partition coefficient (Wildman–Crippen LogP) is 3.76. The summed E-state index contributed by atoms with van der Waals surface area (Å²) < 4.78 is 5.79. The fraction of sp³-hybridized carbons (Fsp3) is 0.250. The summed E-state index contributed by atoms with van der Waals surface area (Å²) in [5, 5.41) is 13.2. The van der Waals surface area contributed by atoms with Crippen LogP contribution in [0.4, 0.5) is 0 Å². The minimum atomic E-state index is 0.134. The molecule has 0 saturated carbocycles. The van der Waals surface area contributed by atoms with Crippen LogP contribution >= 0.6 is 15.9 Å². The number of rotatable bonds is 5. The van der Waals surface area contributed by atoms with Gasteiger partial charge < -0.3 is 15.2 Å². The fourth-order valence-electron chi connectivity index (χ4n) is 2.03. The fourth-order valence-corrected chi connectivity index (χ4v) is 2.52. The summed E-state index contributed by atoms with van der Waals surface area (Å²) in [7, 11) is 1.55. The van der Waals surface area contributed by atoms with E-state index >= 15 is 0 Å². The number of phenols is 1. The van der Waals surface area contributed by atoms with Gasteiger partial charge in [-0.15, -0.1) is 0 Å². The number of nitrogens with one attached hydrogen (secondary N) is 1. The molecule has 0 radical (unpaired) electrons. The molecular formula is C16H18BrNO2. The van der Waals surface area contributed by atoms with Gasteiger partial charge in [0.05, 0.1) is 11.6 Å². The minimum Gasteiger partial charge on any atom is -0.503 e. The Bertz CT molecular complexity index is 599. The molecule has 2 rings (SSSR count). The molecular weight excluding hydrogens is 318 g/mol. The van der Waals surface area contributed by atoms with Crippen LogP contribution < -0.4 is 10.1 Å². The van der Waals surface area contributed by atoms with E-state index in [1.165, 1.54) is 11.1 Å². The van der Waals surface area contributed by atoms with Crippen LogP contribution in [0, 0.1) is 6.92 Å². The molecule has 0 fully saturated rings. The van der Waals surface area contributed by atoms with E-state index in [9.17, 15) is 5.11 Å². The second-order valence-electron chi connectivity index (χ2n) is 4.66. The van der Waals surface area contributed by atoms with Crippen LogP contribution in [0.25, 0.3) is 0 Å². The van der Waals surface area contributed by atoms with E-state index < -0.39 is 0 Å². The molecule has 2 aromatic carbocycles. The van der Waals surface area contributed by atoms with E-state index in [1.807, 2.05) is 24.3 Å². The molecule has 0 saturated heterocycles. The Labute approximate surface area is 127 Å². The molecule has 0 heterocycles. The summed E-state index contributed by atoms with van der Waals surface area (Å²) in [6.07, 6.45) is 0. The third-order valence-corrected chi connectivity index (χ3v) is 3.82.